The first kappa shape index (κ1) is 11.0. The number of hydrogen-bond donors (Lipinski definition) is 1. The molecule has 1 aliphatic heterocycles. The summed E-state index contributed by atoms with van der Waals surface area (Å²) in [6.45, 7) is 3.14. The smallest absolute Gasteiger partial charge is 0.236 e. The first-order chi connectivity index (χ1) is 6.65. The molecule has 1 rings (SSSR count). The molecular formula is C10H16N2O2. The standard InChI is InChI=1S/C10H16N2O2/c1-8(13)9-3-6-12(7-4-9)10(14)2-5-11/h8-9,13H,2-4,6-7H2,1H3/t8-/m0/s1. The Balaban J connectivity index is 2.36. The number of carbonyl (C=O) groups excluding carboxylic acids is 1. The van der Waals surface area contributed by atoms with Gasteiger partial charge in [0.05, 0.1) is 12.2 Å². The van der Waals surface area contributed by atoms with E-state index in [0.29, 0.717) is 19.0 Å². The summed E-state index contributed by atoms with van der Waals surface area (Å²) in [4.78, 5) is 13.0. The summed E-state index contributed by atoms with van der Waals surface area (Å²) < 4.78 is 0. The van der Waals surface area contributed by atoms with Gasteiger partial charge in [-0.1, -0.05) is 0 Å². The lowest BCUT2D eigenvalue weighted by molar-refractivity contribution is -0.132. The highest BCUT2D eigenvalue weighted by molar-refractivity contribution is 5.78. The zero-order valence-corrected chi connectivity index (χ0v) is 8.44. The van der Waals surface area contributed by atoms with Gasteiger partial charge in [-0.25, -0.2) is 0 Å². The first-order valence-corrected chi connectivity index (χ1v) is 4.98. The number of amides is 1. The highest BCUT2D eigenvalue weighted by Crippen LogP contribution is 2.20. The maximum absolute atomic E-state index is 11.3. The van der Waals surface area contributed by atoms with Crippen LogP contribution in [0.3, 0.4) is 0 Å². The molecule has 4 nitrogen and oxygen atoms in total. The fraction of sp³-hybridized carbons (Fsp3) is 0.800. The van der Waals surface area contributed by atoms with Crippen molar-refractivity contribution in [3.05, 3.63) is 0 Å². The molecule has 78 valence electrons. The highest BCUT2D eigenvalue weighted by Gasteiger charge is 2.24. The molecule has 1 amide bonds. The topological polar surface area (TPSA) is 64.3 Å². The maximum atomic E-state index is 11.3. The van der Waals surface area contributed by atoms with E-state index in [0.717, 1.165) is 12.8 Å². The van der Waals surface area contributed by atoms with E-state index in [-0.39, 0.29) is 18.4 Å². The summed E-state index contributed by atoms with van der Waals surface area (Å²) in [6.07, 6.45) is 1.37. The molecule has 0 aromatic heterocycles. The van der Waals surface area contributed by atoms with E-state index in [1.807, 2.05) is 6.07 Å². The van der Waals surface area contributed by atoms with Crippen molar-refractivity contribution < 1.29 is 9.90 Å². The van der Waals surface area contributed by atoms with E-state index in [1.165, 1.54) is 0 Å². The van der Waals surface area contributed by atoms with E-state index in [1.54, 1.807) is 11.8 Å². The normalized spacial score (nSPS) is 20.2. The Hall–Kier alpha value is -1.08. The van der Waals surface area contributed by atoms with Crippen LogP contribution in [-0.4, -0.2) is 35.1 Å². The molecule has 0 saturated carbocycles. The molecular weight excluding hydrogens is 180 g/mol. The molecule has 0 bridgehead atoms. The van der Waals surface area contributed by atoms with Gasteiger partial charge in [-0.15, -0.1) is 0 Å². The molecule has 0 spiro atoms. The van der Waals surface area contributed by atoms with Gasteiger partial charge in [-0.2, -0.15) is 5.26 Å². The summed E-state index contributed by atoms with van der Waals surface area (Å²) >= 11 is 0. The predicted molar refractivity (Wildman–Crippen MR) is 51.2 cm³/mol. The number of aliphatic hydroxyl groups excluding tert-OH is 1. The van der Waals surface area contributed by atoms with Crippen LogP contribution in [0, 0.1) is 17.2 Å². The van der Waals surface area contributed by atoms with Gasteiger partial charge >= 0.3 is 0 Å². The average molecular weight is 196 g/mol. The summed E-state index contributed by atoms with van der Waals surface area (Å²) in [5.41, 5.74) is 0. The second-order valence-electron chi connectivity index (χ2n) is 3.79. The summed E-state index contributed by atoms with van der Waals surface area (Å²) in [6, 6.07) is 1.86. The van der Waals surface area contributed by atoms with Crippen molar-refractivity contribution in [2.75, 3.05) is 13.1 Å². The number of rotatable bonds is 2. The van der Waals surface area contributed by atoms with Gasteiger partial charge < -0.3 is 10.0 Å². The molecule has 0 aromatic rings. The second-order valence-corrected chi connectivity index (χ2v) is 3.79. The van der Waals surface area contributed by atoms with Gasteiger partial charge in [-0.05, 0) is 25.7 Å². The molecule has 1 heterocycles. The largest absolute Gasteiger partial charge is 0.393 e. The van der Waals surface area contributed by atoms with E-state index in [9.17, 15) is 9.90 Å². The van der Waals surface area contributed by atoms with Crippen molar-refractivity contribution in [1.29, 1.82) is 5.26 Å². The van der Waals surface area contributed by atoms with Crippen molar-refractivity contribution in [3.8, 4) is 6.07 Å². The molecule has 4 heteroatoms. The number of carbonyl (C=O) groups is 1. The third-order valence-corrected chi connectivity index (χ3v) is 2.80. The minimum atomic E-state index is -0.289. The maximum Gasteiger partial charge on any atom is 0.236 e. The van der Waals surface area contributed by atoms with Gasteiger partial charge in [0.1, 0.15) is 6.42 Å². The summed E-state index contributed by atoms with van der Waals surface area (Å²) in [5, 5.41) is 17.7. The third-order valence-electron chi connectivity index (χ3n) is 2.80. The zero-order chi connectivity index (χ0) is 10.6. The van der Waals surface area contributed by atoms with Crippen LogP contribution >= 0.6 is 0 Å². The molecule has 0 unspecified atom stereocenters. The molecule has 0 aliphatic carbocycles. The van der Waals surface area contributed by atoms with Crippen molar-refractivity contribution in [2.24, 2.45) is 5.92 Å². The Morgan fingerprint density at radius 1 is 1.64 bits per heavy atom. The van der Waals surface area contributed by atoms with E-state index < -0.39 is 0 Å². The van der Waals surface area contributed by atoms with Gasteiger partial charge in [0.15, 0.2) is 0 Å². The van der Waals surface area contributed by atoms with Crippen LogP contribution in [0.2, 0.25) is 0 Å². The van der Waals surface area contributed by atoms with Crippen LogP contribution in [0.5, 0.6) is 0 Å². The molecule has 1 N–H and O–H groups in total. The molecule has 14 heavy (non-hydrogen) atoms. The van der Waals surface area contributed by atoms with Gasteiger partial charge in [0.2, 0.25) is 5.91 Å². The van der Waals surface area contributed by atoms with Crippen LogP contribution in [-0.2, 0) is 4.79 Å². The molecule has 1 saturated heterocycles. The summed E-state index contributed by atoms with van der Waals surface area (Å²) in [7, 11) is 0. The fourth-order valence-electron chi connectivity index (χ4n) is 1.81. The van der Waals surface area contributed by atoms with Crippen LogP contribution in [0.4, 0.5) is 0 Å². The van der Waals surface area contributed by atoms with Crippen molar-refractivity contribution in [1.82, 2.24) is 4.90 Å². The lowest BCUT2D eigenvalue weighted by atomic mass is 9.92. The quantitative estimate of drug-likeness (QED) is 0.700. The Morgan fingerprint density at radius 2 is 2.21 bits per heavy atom. The van der Waals surface area contributed by atoms with Crippen LogP contribution in [0.15, 0.2) is 0 Å². The Morgan fingerprint density at radius 3 is 2.64 bits per heavy atom. The second kappa shape index (κ2) is 4.97. The van der Waals surface area contributed by atoms with Crippen molar-refractivity contribution in [3.63, 3.8) is 0 Å². The van der Waals surface area contributed by atoms with E-state index in [2.05, 4.69) is 0 Å². The number of aliphatic hydroxyl groups is 1. The van der Waals surface area contributed by atoms with Crippen LogP contribution in [0.25, 0.3) is 0 Å². The Bertz CT molecular complexity index is 237. The minimum absolute atomic E-state index is 0.0284. The number of likely N-dealkylation sites (tertiary alicyclic amines) is 1. The van der Waals surface area contributed by atoms with Gasteiger partial charge in [-0.3, -0.25) is 4.79 Å². The first-order valence-electron chi connectivity index (χ1n) is 4.98. The number of hydrogen-bond acceptors (Lipinski definition) is 3. The number of nitrogens with zero attached hydrogens (tertiary/aromatic N) is 2. The highest BCUT2D eigenvalue weighted by atomic mass is 16.3. The van der Waals surface area contributed by atoms with E-state index >= 15 is 0 Å². The lowest BCUT2D eigenvalue weighted by Crippen LogP contribution is -2.40. The van der Waals surface area contributed by atoms with Crippen molar-refractivity contribution >= 4 is 5.91 Å². The molecule has 0 radical (unpaired) electrons. The molecule has 0 aromatic carbocycles. The zero-order valence-electron chi connectivity index (χ0n) is 8.44. The van der Waals surface area contributed by atoms with Crippen LogP contribution in [0.1, 0.15) is 26.2 Å². The summed E-state index contributed by atoms with van der Waals surface area (Å²) in [5.74, 6) is 0.220. The van der Waals surface area contributed by atoms with Gasteiger partial charge in [0.25, 0.3) is 0 Å². The third kappa shape index (κ3) is 2.71. The van der Waals surface area contributed by atoms with E-state index in [4.69, 9.17) is 5.26 Å². The monoisotopic (exact) mass is 196 g/mol. The minimum Gasteiger partial charge on any atom is -0.393 e. The van der Waals surface area contributed by atoms with Crippen molar-refractivity contribution in [2.45, 2.75) is 32.3 Å². The molecule has 1 fully saturated rings. The predicted octanol–water partition coefficient (Wildman–Crippen LogP) is 0.519. The average Bonchev–Trinajstić information content (AvgIpc) is 2.18. The number of nitriles is 1. The SMILES string of the molecule is C[C@H](O)C1CCN(C(=O)CC#N)CC1. The van der Waals surface area contributed by atoms with Gasteiger partial charge in [0, 0.05) is 13.1 Å². The molecule has 1 atom stereocenters. The number of piperidine rings is 1. The fourth-order valence-corrected chi connectivity index (χ4v) is 1.81. The Labute approximate surface area is 84.1 Å². The molecule has 1 aliphatic rings. The Kier molecular flexibility index (Phi) is 3.90. The lowest BCUT2D eigenvalue weighted by Gasteiger charge is -2.32. The van der Waals surface area contributed by atoms with Crippen LogP contribution < -0.4 is 0 Å².